The zero-order valence-electron chi connectivity index (χ0n) is 30.3. The van der Waals surface area contributed by atoms with Gasteiger partial charge < -0.3 is 34.8 Å². The van der Waals surface area contributed by atoms with Crippen molar-refractivity contribution in [2.45, 2.75) is 63.5 Å². The third-order valence-corrected chi connectivity index (χ3v) is 9.70. The van der Waals surface area contributed by atoms with Crippen molar-refractivity contribution in [1.82, 2.24) is 34.1 Å². The van der Waals surface area contributed by atoms with Gasteiger partial charge in [0, 0.05) is 50.6 Å². The molecule has 2 saturated heterocycles. The molecule has 20 heteroatoms. The van der Waals surface area contributed by atoms with Gasteiger partial charge in [-0.1, -0.05) is 19.9 Å². The van der Waals surface area contributed by atoms with Crippen LogP contribution >= 0.6 is 0 Å². The van der Waals surface area contributed by atoms with Crippen molar-refractivity contribution in [2.75, 3.05) is 39.4 Å². The molecule has 300 valence electrons. The van der Waals surface area contributed by atoms with Crippen LogP contribution in [0.25, 0.3) is 17.1 Å². The zero-order valence-corrected chi connectivity index (χ0v) is 30.3. The number of carbonyl (C=O) groups excluding carboxylic acids is 2. The number of aromatic hydroxyl groups is 2. The number of phenolic OH excluding ortho intramolecular Hbond substituents is 2. The molecule has 0 unspecified atom stereocenters. The van der Waals surface area contributed by atoms with Gasteiger partial charge in [0.05, 0.1) is 36.4 Å². The highest BCUT2D eigenvalue weighted by Gasteiger charge is 2.59. The molecule has 2 aliphatic heterocycles. The summed E-state index contributed by atoms with van der Waals surface area (Å²) in [4.78, 5) is 57.5. The first-order valence-electron chi connectivity index (χ1n) is 17.7. The van der Waals surface area contributed by atoms with E-state index in [4.69, 9.17) is 14.6 Å². The maximum atomic E-state index is 15.4. The molecule has 2 aromatic heterocycles. The van der Waals surface area contributed by atoms with E-state index in [0.29, 0.717) is 41.9 Å². The van der Waals surface area contributed by atoms with Crippen LogP contribution in [0, 0.1) is 5.82 Å². The molecule has 3 atom stereocenters. The number of rotatable bonds is 12. The molecule has 6 rings (SSSR count). The molecule has 17 nitrogen and oxygen atoms in total. The topological polar surface area (TPSA) is 226 Å². The van der Waals surface area contributed by atoms with E-state index in [1.54, 1.807) is 11.0 Å². The minimum absolute atomic E-state index is 0.0318. The number of aromatic amines is 1. The SMILES string of the molecule is CC(C)c1cc(-c2n[nH]c(=O)n2-c2ccc(CN3CCN(C(=O)CCOC(=O)Cc4ccn([C@@H]5O[C@H](CO)[C@@H](O)C5(F)F)c(=O)n4)CC3)c(F)c2)c(O)cc1O. The van der Waals surface area contributed by atoms with Gasteiger partial charge in [-0.3, -0.25) is 19.1 Å². The second-order valence-electron chi connectivity index (χ2n) is 13.8. The maximum Gasteiger partial charge on any atom is 0.350 e. The fourth-order valence-corrected chi connectivity index (χ4v) is 6.61. The second-order valence-corrected chi connectivity index (χ2v) is 13.8. The number of halogens is 3. The molecule has 4 aromatic rings. The van der Waals surface area contributed by atoms with Crippen molar-refractivity contribution in [2.24, 2.45) is 0 Å². The highest BCUT2D eigenvalue weighted by atomic mass is 19.3. The number of H-pyrrole nitrogens is 1. The van der Waals surface area contributed by atoms with Gasteiger partial charge in [-0.15, -0.1) is 0 Å². The van der Waals surface area contributed by atoms with Crippen LogP contribution in [0.15, 0.2) is 52.2 Å². The van der Waals surface area contributed by atoms with Crippen LogP contribution in [0.1, 0.15) is 49.2 Å². The van der Waals surface area contributed by atoms with Gasteiger partial charge in [0.25, 0.3) is 0 Å². The summed E-state index contributed by atoms with van der Waals surface area (Å²) < 4.78 is 55.9. The Labute approximate surface area is 316 Å². The molecule has 2 aromatic carbocycles. The quantitative estimate of drug-likeness (QED) is 0.127. The lowest BCUT2D eigenvalue weighted by Gasteiger charge is -2.34. The average molecular weight is 788 g/mol. The van der Waals surface area contributed by atoms with Gasteiger partial charge >= 0.3 is 23.3 Å². The maximum absolute atomic E-state index is 15.4. The van der Waals surface area contributed by atoms with Crippen LogP contribution in [0.4, 0.5) is 13.2 Å². The number of esters is 1. The number of carbonyl (C=O) groups is 2. The third-order valence-electron chi connectivity index (χ3n) is 9.70. The van der Waals surface area contributed by atoms with Gasteiger partial charge in [0.15, 0.2) is 11.9 Å². The lowest BCUT2D eigenvalue weighted by Crippen LogP contribution is -2.48. The summed E-state index contributed by atoms with van der Waals surface area (Å²) in [6.45, 7) is 4.27. The molecule has 0 bridgehead atoms. The van der Waals surface area contributed by atoms with Crippen molar-refractivity contribution >= 4 is 11.9 Å². The van der Waals surface area contributed by atoms with Gasteiger partial charge in [-0.2, -0.15) is 18.9 Å². The Balaban J connectivity index is 0.978. The van der Waals surface area contributed by atoms with Crippen LogP contribution in [-0.2, 0) is 32.0 Å². The number of ether oxygens (including phenoxy) is 2. The molecule has 56 heavy (non-hydrogen) atoms. The Morgan fingerprint density at radius 3 is 2.45 bits per heavy atom. The number of hydrogen-bond acceptors (Lipinski definition) is 13. The number of alkyl halides is 2. The Morgan fingerprint density at radius 2 is 1.80 bits per heavy atom. The summed E-state index contributed by atoms with van der Waals surface area (Å²) in [5, 5.41) is 46.0. The number of phenols is 2. The summed E-state index contributed by atoms with van der Waals surface area (Å²) in [5.74, 6) is -6.06. The van der Waals surface area contributed by atoms with E-state index in [-0.39, 0.29) is 65.7 Å². The first-order valence-corrected chi connectivity index (χ1v) is 17.7. The number of piperazine rings is 1. The van der Waals surface area contributed by atoms with E-state index in [0.717, 1.165) is 16.8 Å². The number of aliphatic hydroxyl groups excluding tert-OH is 2. The third kappa shape index (κ3) is 8.18. The molecule has 4 heterocycles. The van der Waals surface area contributed by atoms with E-state index in [2.05, 4.69) is 15.2 Å². The lowest BCUT2D eigenvalue weighted by atomic mass is 9.98. The number of amides is 1. The first kappa shape index (κ1) is 40.1. The number of benzene rings is 2. The van der Waals surface area contributed by atoms with Crippen molar-refractivity contribution in [3.63, 3.8) is 0 Å². The minimum Gasteiger partial charge on any atom is -0.508 e. The Hall–Kier alpha value is -5.57. The molecular weight excluding hydrogens is 747 g/mol. The van der Waals surface area contributed by atoms with Crippen molar-refractivity contribution < 1.29 is 52.7 Å². The Morgan fingerprint density at radius 1 is 1.07 bits per heavy atom. The summed E-state index contributed by atoms with van der Waals surface area (Å²) in [7, 11) is 0. The van der Waals surface area contributed by atoms with E-state index in [9.17, 15) is 43.3 Å². The summed E-state index contributed by atoms with van der Waals surface area (Å²) in [6.07, 6.45) is -5.83. The van der Waals surface area contributed by atoms with E-state index in [1.807, 2.05) is 18.7 Å². The Bertz CT molecular complexity index is 2220. The monoisotopic (exact) mass is 787 g/mol. The van der Waals surface area contributed by atoms with Crippen LogP contribution in [-0.4, -0.2) is 124 Å². The summed E-state index contributed by atoms with van der Waals surface area (Å²) >= 11 is 0. The minimum atomic E-state index is -3.89. The molecule has 5 N–H and O–H groups in total. The fourth-order valence-electron chi connectivity index (χ4n) is 6.61. The van der Waals surface area contributed by atoms with Gasteiger partial charge in [0.1, 0.15) is 30.0 Å². The van der Waals surface area contributed by atoms with Crippen LogP contribution in [0.5, 0.6) is 11.5 Å². The van der Waals surface area contributed by atoms with E-state index >= 15 is 4.39 Å². The summed E-state index contributed by atoms with van der Waals surface area (Å²) in [6, 6.07) is 8.11. The second kappa shape index (κ2) is 16.3. The zero-order chi connectivity index (χ0) is 40.5. The number of hydrogen-bond donors (Lipinski definition) is 5. The molecule has 0 aliphatic carbocycles. The standard InChI is InChI=1S/C36H40F3N7O10/c1-19(2)23-15-24(27(49)16-26(23)48)32-41-42-35(54)46(32)22-4-3-20(25(37)14-22)17-43-8-10-44(11-9-43)29(50)6-12-55-30(51)13-21-5-7-45(34(53)40-21)33-36(38,39)31(52)28(18-47)56-33/h3-5,7,14-16,19,28,31,33,47-49,52H,6,8-13,17-18H2,1-2H3,(H,42,54)/t28-,31-,33-/m1/s1. The molecular formula is C36H40F3N7O10. The first-order chi connectivity index (χ1) is 26.6. The van der Waals surface area contributed by atoms with E-state index in [1.165, 1.54) is 24.3 Å². The molecule has 2 aliphatic rings. The normalized spacial score (nSPS) is 19.8. The van der Waals surface area contributed by atoms with Gasteiger partial charge in [-0.05, 0) is 35.7 Å². The molecule has 2 fully saturated rings. The van der Waals surface area contributed by atoms with Crippen LogP contribution in [0.2, 0.25) is 0 Å². The summed E-state index contributed by atoms with van der Waals surface area (Å²) in [5.41, 5.74) is -0.703. The highest BCUT2D eigenvalue weighted by molar-refractivity contribution is 5.77. The van der Waals surface area contributed by atoms with Crippen molar-refractivity contribution in [3.05, 3.63) is 86.2 Å². The predicted octanol–water partition coefficient (Wildman–Crippen LogP) is 1.16. The Kier molecular flexibility index (Phi) is 11.6. The van der Waals surface area contributed by atoms with Gasteiger partial charge in [-0.25, -0.2) is 23.6 Å². The van der Waals surface area contributed by atoms with Gasteiger partial charge in [0.2, 0.25) is 12.1 Å². The fraction of sp³-hybridized carbons (Fsp3) is 0.444. The van der Waals surface area contributed by atoms with Crippen molar-refractivity contribution in [1.29, 1.82) is 0 Å². The molecule has 0 radical (unpaired) electrons. The average Bonchev–Trinajstić information content (AvgIpc) is 3.64. The van der Waals surface area contributed by atoms with Crippen LogP contribution in [0.3, 0.4) is 0 Å². The highest BCUT2D eigenvalue weighted by Crippen LogP contribution is 2.42. The number of aliphatic hydroxyl groups is 2. The smallest absolute Gasteiger partial charge is 0.350 e. The number of aromatic nitrogens is 5. The van der Waals surface area contributed by atoms with Crippen molar-refractivity contribution in [3.8, 4) is 28.6 Å². The van der Waals surface area contributed by atoms with E-state index < -0.39 is 60.6 Å². The molecule has 1 amide bonds. The largest absolute Gasteiger partial charge is 0.508 e. The predicted molar refractivity (Wildman–Crippen MR) is 189 cm³/mol. The lowest BCUT2D eigenvalue weighted by molar-refractivity contribution is -0.145. The number of nitrogens with zero attached hydrogens (tertiary/aromatic N) is 6. The number of nitrogens with one attached hydrogen (secondary N) is 1. The molecule has 0 spiro atoms. The van der Waals surface area contributed by atoms with Crippen LogP contribution < -0.4 is 11.4 Å². The molecule has 0 saturated carbocycles.